The van der Waals surface area contributed by atoms with Crippen LogP contribution in [-0.2, 0) is 24.2 Å². The lowest BCUT2D eigenvalue weighted by molar-refractivity contribution is -0.116. The number of hydrogen-bond donors (Lipinski definition) is 3. The highest BCUT2D eigenvalue weighted by Crippen LogP contribution is 2.38. The van der Waals surface area contributed by atoms with Crippen molar-refractivity contribution >= 4 is 34.1 Å². The summed E-state index contributed by atoms with van der Waals surface area (Å²) in [6.07, 6.45) is 3.98. The Kier molecular flexibility index (Phi) is 4.74. The molecule has 0 unspecified atom stereocenters. The van der Waals surface area contributed by atoms with Gasteiger partial charge in [0.05, 0.1) is 5.56 Å². The Bertz CT molecular complexity index is 767. The van der Waals surface area contributed by atoms with E-state index in [-0.39, 0.29) is 24.3 Å². The molecule has 1 aliphatic rings. The van der Waals surface area contributed by atoms with Crippen molar-refractivity contribution in [2.24, 2.45) is 0 Å². The molecule has 24 heavy (non-hydrogen) atoms. The van der Waals surface area contributed by atoms with E-state index in [0.29, 0.717) is 17.1 Å². The Balaban J connectivity index is 1.84. The molecule has 0 aliphatic heterocycles. The number of rotatable bonds is 5. The maximum Gasteiger partial charge on any atom is 0.254 e. The Labute approximate surface area is 142 Å². The number of carbonyl (C=O) groups is 2. The second-order valence-electron chi connectivity index (χ2n) is 5.52. The van der Waals surface area contributed by atoms with Crippen molar-refractivity contribution in [1.82, 2.24) is 25.5 Å². The number of carbonyl (C=O) groups excluding carboxylic acids is 2. The van der Waals surface area contributed by atoms with Crippen LogP contribution in [0.1, 0.15) is 40.6 Å². The quantitative estimate of drug-likeness (QED) is 0.724. The first kappa shape index (κ1) is 16.4. The topological polar surface area (TPSA) is 128 Å². The Morgan fingerprint density at radius 2 is 2.12 bits per heavy atom. The van der Waals surface area contributed by atoms with Crippen LogP contribution in [-0.4, -0.2) is 38.6 Å². The molecule has 0 atom stereocenters. The normalized spacial score (nSPS) is 13.4. The van der Waals surface area contributed by atoms with E-state index in [1.807, 2.05) is 6.92 Å². The number of nitrogens with zero attached hydrogens (tertiary/aromatic N) is 4. The number of amides is 2. The second kappa shape index (κ2) is 6.95. The first-order valence-electron chi connectivity index (χ1n) is 7.84. The molecule has 0 saturated carbocycles. The van der Waals surface area contributed by atoms with Gasteiger partial charge in [0.1, 0.15) is 11.5 Å². The summed E-state index contributed by atoms with van der Waals surface area (Å²) < 4.78 is 1.20. The number of nitrogens with one attached hydrogen (secondary N) is 2. The number of tetrazole rings is 1. The molecule has 0 aromatic carbocycles. The van der Waals surface area contributed by atoms with E-state index < -0.39 is 0 Å². The van der Waals surface area contributed by atoms with E-state index in [2.05, 4.69) is 26.2 Å². The highest BCUT2D eigenvalue weighted by molar-refractivity contribution is 7.17. The van der Waals surface area contributed by atoms with Crippen LogP contribution in [0.15, 0.2) is 0 Å². The third-order valence-corrected chi connectivity index (χ3v) is 5.05. The Morgan fingerprint density at radius 1 is 1.33 bits per heavy atom. The smallest absolute Gasteiger partial charge is 0.254 e. The molecular weight excluding hydrogens is 330 g/mol. The summed E-state index contributed by atoms with van der Waals surface area (Å²) in [5.74, 6) is -0.396. The fraction of sp³-hybridized carbons (Fsp3) is 0.500. The van der Waals surface area contributed by atoms with Crippen LogP contribution < -0.4 is 16.4 Å². The minimum Gasteiger partial charge on any atom is -0.367 e. The largest absolute Gasteiger partial charge is 0.367 e. The maximum absolute atomic E-state index is 12.4. The summed E-state index contributed by atoms with van der Waals surface area (Å²) >= 11 is 1.48. The van der Waals surface area contributed by atoms with E-state index in [4.69, 9.17) is 5.73 Å². The van der Waals surface area contributed by atoms with Gasteiger partial charge in [-0.25, -0.2) is 4.68 Å². The number of hydrogen-bond acceptors (Lipinski definition) is 7. The van der Waals surface area contributed by atoms with Crippen molar-refractivity contribution in [3.05, 3.63) is 16.0 Å². The summed E-state index contributed by atoms with van der Waals surface area (Å²) in [5.41, 5.74) is 7.22. The molecule has 10 heteroatoms. The highest BCUT2D eigenvalue weighted by atomic mass is 32.1. The minimum atomic E-state index is -0.321. The Morgan fingerprint density at radius 3 is 2.83 bits per heavy atom. The number of fused-ring (bicyclic) bond motifs is 1. The van der Waals surface area contributed by atoms with Gasteiger partial charge < -0.3 is 16.4 Å². The molecule has 2 aromatic heterocycles. The molecule has 2 heterocycles. The van der Waals surface area contributed by atoms with Crippen molar-refractivity contribution in [2.75, 3.05) is 17.6 Å². The lowest BCUT2D eigenvalue weighted by Gasteiger charge is -2.12. The van der Waals surface area contributed by atoms with Crippen LogP contribution in [0.4, 0.5) is 10.9 Å². The molecule has 128 valence electrons. The van der Waals surface area contributed by atoms with Gasteiger partial charge in [0.2, 0.25) is 11.9 Å². The zero-order valence-electron chi connectivity index (χ0n) is 13.3. The number of thiophene rings is 1. The lowest BCUT2D eigenvalue weighted by atomic mass is 9.95. The van der Waals surface area contributed by atoms with E-state index in [9.17, 15) is 9.59 Å². The molecule has 2 aromatic rings. The fourth-order valence-electron chi connectivity index (χ4n) is 2.77. The molecule has 0 spiro atoms. The zero-order chi connectivity index (χ0) is 17.1. The summed E-state index contributed by atoms with van der Waals surface area (Å²) in [6.45, 7) is 2.31. The molecule has 0 radical (unpaired) electrons. The number of nitrogen functional groups attached to an aromatic ring is 1. The van der Waals surface area contributed by atoms with E-state index >= 15 is 0 Å². The fourth-order valence-corrected chi connectivity index (χ4v) is 4.07. The van der Waals surface area contributed by atoms with Crippen molar-refractivity contribution in [3.63, 3.8) is 0 Å². The third-order valence-electron chi connectivity index (χ3n) is 3.84. The van der Waals surface area contributed by atoms with Crippen LogP contribution in [0.25, 0.3) is 0 Å². The average molecular weight is 349 g/mol. The standard InChI is InChI=1S/C14H19N7O2S/c1-2-16-12(23)11-8-5-3-4-6-9(8)24-13(11)17-10(22)7-21-14(15)18-19-20-21/h2-7H2,1H3,(H,16,23)(H,17,22)(H2,15,18,20). The predicted molar refractivity (Wildman–Crippen MR) is 89.8 cm³/mol. The zero-order valence-corrected chi connectivity index (χ0v) is 14.2. The van der Waals surface area contributed by atoms with Gasteiger partial charge in [-0.1, -0.05) is 5.10 Å². The van der Waals surface area contributed by atoms with Gasteiger partial charge >= 0.3 is 0 Å². The van der Waals surface area contributed by atoms with E-state index in [1.165, 1.54) is 20.9 Å². The third kappa shape index (κ3) is 3.23. The van der Waals surface area contributed by atoms with Crippen LogP contribution >= 0.6 is 11.3 Å². The van der Waals surface area contributed by atoms with Crippen LogP contribution in [0.5, 0.6) is 0 Å². The number of aryl methyl sites for hydroxylation is 1. The molecule has 1 aliphatic carbocycles. The molecule has 9 nitrogen and oxygen atoms in total. The van der Waals surface area contributed by atoms with Gasteiger partial charge in [0.15, 0.2) is 0 Å². The first-order valence-corrected chi connectivity index (χ1v) is 8.66. The van der Waals surface area contributed by atoms with Gasteiger partial charge in [-0.2, -0.15) is 0 Å². The highest BCUT2D eigenvalue weighted by Gasteiger charge is 2.26. The lowest BCUT2D eigenvalue weighted by Crippen LogP contribution is -2.26. The monoisotopic (exact) mass is 349 g/mol. The average Bonchev–Trinajstić information content (AvgIpc) is 3.11. The van der Waals surface area contributed by atoms with Crippen molar-refractivity contribution in [2.45, 2.75) is 39.2 Å². The Hall–Kier alpha value is -2.49. The molecular formula is C14H19N7O2S. The van der Waals surface area contributed by atoms with E-state index in [1.54, 1.807) is 0 Å². The van der Waals surface area contributed by atoms with Gasteiger partial charge in [0.25, 0.3) is 5.91 Å². The van der Waals surface area contributed by atoms with Crippen LogP contribution in [0, 0.1) is 0 Å². The number of anilines is 2. The van der Waals surface area contributed by atoms with E-state index in [0.717, 1.165) is 31.2 Å². The van der Waals surface area contributed by atoms with Crippen molar-refractivity contribution in [1.29, 1.82) is 0 Å². The van der Waals surface area contributed by atoms with Crippen molar-refractivity contribution in [3.8, 4) is 0 Å². The van der Waals surface area contributed by atoms with Crippen molar-refractivity contribution < 1.29 is 9.59 Å². The summed E-state index contributed by atoms with van der Waals surface area (Å²) in [7, 11) is 0. The molecule has 3 rings (SSSR count). The molecule has 0 saturated heterocycles. The first-order chi connectivity index (χ1) is 11.6. The molecule has 2 amide bonds. The minimum absolute atomic E-state index is 0.0690. The van der Waals surface area contributed by atoms with Crippen LogP contribution in [0.2, 0.25) is 0 Å². The predicted octanol–water partition coefficient (Wildman–Crippen LogP) is 0.584. The summed E-state index contributed by atoms with van der Waals surface area (Å²) in [4.78, 5) is 25.9. The van der Waals surface area contributed by atoms with Gasteiger partial charge in [-0.05, 0) is 48.6 Å². The maximum atomic E-state index is 12.4. The number of nitrogens with two attached hydrogens (primary N) is 1. The van der Waals surface area contributed by atoms with Gasteiger partial charge in [-0.3, -0.25) is 9.59 Å². The van der Waals surface area contributed by atoms with Gasteiger partial charge in [-0.15, -0.1) is 11.3 Å². The molecule has 0 bridgehead atoms. The van der Waals surface area contributed by atoms with Gasteiger partial charge in [0, 0.05) is 11.4 Å². The molecule has 4 N–H and O–H groups in total. The second-order valence-corrected chi connectivity index (χ2v) is 6.62. The SMILES string of the molecule is CCNC(=O)c1c(NC(=O)Cn2nnnc2N)sc2c1CCCC2. The summed E-state index contributed by atoms with van der Waals surface area (Å²) in [5, 5.41) is 16.8. The summed E-state index contributed by atoms with van der Waals surface area (Å²) in [6, 6.07) is 0. The number of aromatic nitrogens is 4. The molecule has 0 fully saturated rings. The van der Waals surface area contributed by atoms with Crippen LogP contribution in [0.3, 0.4) is 0 Å².